The van der Waals surface area contributed by atoms with Gasteiger partial charge in [-0.05, 0) is 30.7 Å². The van der Waals surface area contributed by atoms with E-state index in [4.69, 9.17) is 4.99 Å². The lowest BCUT2D eigenvalue weighted by Gasteiger charge is -2.36. The van der Waals surface area contributed by atoms with Crippen molar-refractivity contribution >= 4 is 16.6 Å². The highest BCUT2D eigenvalue weighted by molar-refractivity contribution is 6.11. The van der Waals surface area contributed by atoms with E-state index >= 15 is 0 Å². The molecule has 0 spiro atoms. The molecule has 2 aliphatic carbocycles. The molecule has 3 nitrogen and oxygen atoms in total. The van der Waals surface area contributed by atoms with Crippen LogP contribution in [0.5, 0.6) is 0 Å². The maximum Gasteiger partial charge on any atom is 0.138 e. The molecule has 1 aliphatic heterocycles. The number of amidine groups is 1. The van der Waals surface area contributed by atoms with Crippen molar-refractivity contribution < 1.29 is 8.78 Å². The third kappa shape index (κ3) is 2.09. The number of allylic oxidation sites excluding steroid dienone is 2. The van der Waals surface area contributed by atoms with Crippen molar-refractivity contribution in [3.05, 3.63) is 66.0 Å². The number of hydrogen-bond acceptors (Lipinski definition) is 3. The van der Waals surface area contributed by atoms with E-state index in [1.165, 1.54) is 6.08 Å². The van der Waals surface area contributed by atoms with E-state index in [-0.39, 0.29) is 6.04 Å². The van der Waals surface area contributed by atoms with E-state index in [9.17, 15) is 8.78 Å². The van der Waals surface area contributed by atoms with Gasteiger partial charge in [0.05, 0.1) is 6.04 Å². The summed E-state index contributed by atoms with van der Waals surface area (Å²) in [6, 6.07) is 7.84. The molecule has 2 unspecified atom stereocenters. The minimum absolute atomic E-state index is 0.279. The molecule has 0 bridgehead atoms. The van der Waals surface area contributed by atoms with Gasteiger partial charge in [-0.2, -0.15) is 0 Å². The summed E-state index contributed by atoms with van der Waals surface area (Å²) in [6.07, 6.45) is 8.65. The molecule has 2 heterocycles. The third-order valence-electron chi connectivity index (χ3n) is 5.72. The van der Waals surface area contributed by atoms with Gasteiger partial charge in [0.1, 0.15) is 23.0 Å². The van der Waals surface area contributed by atoms with Gasteiger partial charge in [0.15, 0.2) is 0 Å². The highest BCUT2D eigenvalue weighted by atomic mass is 19.1. The first-order valence-electron chi connectivity index (χ1n) is 9.10. The number of fused-ring (bicyclic) bond motifs is 2. The maximum atomic E-state index is 14.9. The number of aliphatic imine (C=N–C) groups is 1. The zero-order chi connectivity index (χ0) is 17.9. The molecule has 1 saturated carbocycles. The van der Waals surface area contributed by atoms with Crippen molar-refractivity contribution in [2.24, 2.45) is 4.99 Å². The van der Waals surface area contributed by atoms with Crippen LogP contribution in [0.3, 0.4) is 0 Å². The zero-order valence-corrected chi connectivity index (χ0v) is 14.5. The Morgan fingerprint density at radius 2 is 2.00 bits per heavy atom. The molecule has 26 heavy (non-hydrogen) atoms. The largest absolute Gasteiger partial charge is 0.344 e. The van der Waals surface area contributed by atoms with Gasteiger partial charge in [-0.25, -0.2) is 8.78 Å². The highest BCUT2D eigenvalue weighted by Crippen LogP contribution is 2.48. The minimum atomic E-state index is -1.04. The van der Waals surface area contributed by atoms with Crippen LogP contribution in [-0.2, 0) is 0 Å². The van der Waals surface area contributed by atoms with Crippen molar-refractivity contribution in [1.82, 2.24) is 9.88 Å². The van der Waals surface area contributed by atoms with Crippen molar-refractivity contribution in [3.63, 3.8) is 0 Å². The van der Waals surface area contributed by atoms with E-state index in [0.29, 0.717) is 6.42 Å². The van der Waals surface area contributed by atoms with Crippen LogP contribution in [0.15, 0.2) is 65.5 Å². The Morgan fingerprint density at radius 3 is 2.77 bits per heavy atom. The molecule has 5 heteroatoms. The van der Waals surface area contributed by atoms with Crippen LogP contribution < -0.4 is 0 Å². The molecule has 2 aromatic rings. The zero-order valence-electron chi connectivity index (χ0n) is 14.5. The van der Waals surface area contributed by atoms with Crippen molar-refractivity contribution in [1.29, 1.82) is 0 Å². The number of aromatic nitrogens is 1. The van der Waals surface area contributed by atoms with Gasteiger partial charge in [0, 0.05) is 35.5 Å². The Bertz CT molecular complexity index is 984. The molecule has 1 aromatic heterocycles. The second kappa shape index (κ2) is 5.47. The molecule has 0 amide bonds. The van der Waals surface area contributed by atoms with Crippen LogP contribution in [0.2, 0.25) is 0 Å². The first-order chi connectivity index (χ1) is 12.6. The summed E-state index contributed by atoms with van der Waals surface area (Å²) in [5.74, 6) is -0.272. The van der Waals surface area contributed by atoms with E-state index in [1.807, 2.05) is 37.4 Å². The SMILES string of the molecule is CCC12N=C(c3cncc4ccccc34)N(C3CC3)C1C=C(F)C=C2F. The lowest BCUT2D eigenvalue weighted by Crippen LogP contribution is -2.48. The van der Waals surface area contributed by atoms with Gasteiger partial charge in [-0.15, -0.1) is 0 Å². The van der Waals surface area contributed by atoms with E-state index < -0.39 is 23.2 Å². The molecule has 132 valence electrons. The van der Waals surface area contributed by atoms with Gasteiger partial charge in [0.25, 0.3) is 0 Å². The Balaban J connectivity index is 1.75. The summed E-state index contributed by atoms with van der Waals surface area (Å²) in [5, 5.41) is 2.05. The molecule has 2 atom stereocenters. The number of hydrogen-bond donors (Lipinski definition) is 0. The average molecular weight is 351 g/mol. The average Bonchev–Trinajstić information content (AvgIpc) is 3.43. The monoisotopic (exact) mass is 351 g/mol. The Hall–Kier alpha value is -2.56. The van der Waals surface area contributed by atoms with Crippen molar-refractivity contribution in [3.8, 4) is 0 Å². The molecule has 0 N–H and O–H groups in total. The predicted molar refractivity (Wildman–Crippen MR) is 98.3 cm³/mol. The van der Waals surface area contributed by atoms with E-state index in [1.54, 1.807) is 6.20 Å². The minimum Gasteiger partial charge on any atom is -0.344 e. The third-order valence-corrected chi connectivity index (χ3v) is 5.72. The topological polar surface area (TPSA) is 28.5 Å². The standard InChI is InChI=1S/C21H19F2N3/c1-2-21-18(23)9-14(22)10-19(21)26(15-7-8-15)20(25-21)17-12-24-11-13-5-3-4-6-16(13)17/h3-6,9-12,15,19H,2,7-8H2,1H3. The van der Waals surface area contributed by atoms with Crippen LogP contribution in [0.25, 0.3) is 10.8 Å². The molecule has 1 fully saturated rings. The Labute approximate surface area is 150 Å². The maximum absolute atomic E-state index is 14.9. The number of halogens is 2. The quantitative estimate of drug-likeness (QED) is 0.802. The molecule has 0 radical (unpaired) electrons. The van der Waals surface area contributed by atoms with Crippen molar-refractivity contribution in [2.45, 2.75) is 43.8 Å². The fraction of sp³-hybridized carbons (Fsp3) is 0.333. The van der Waals surface area contributed by atoms with Crippen LogP contribution in [0.4, 0.5) is 8.78 Å². The second-order valence-electron chi connectivity index (χ2n) is 7.25. The fourth-order valence-corrected chi connectivity index (χ4v) is 4.24. The first-order valence-corrected chi connectivity index (χ1v) is 9.10. The van der Waals surface area contributed by atoms with Crippen LogP contribution in [0.1, 0.15) is 31.7 Å². The van der Waals surface area contributed by atoms with E-state index in [2.05, 4.69) is 9.88 Å². The fourth-order valence-electron chi connectivity index (χ4n) is 4.24. The van der Waals surface area contributed by atoms with Crippen LogP contribution in [0, 0.1) is 0 Å². The molecule has 0 saturated heterocycles. The first kappa shape index (κ1) is 15.7. The molecular weight excluding hydrogens is 332 g/mol. The molecule has 3 aliphatic rings. The lowest BCUT2D eigenvalue weighted by molar-refractivity contribution is 0.250. The number of rotatable bonds is 3. The van der Waals surface area contributed by atoms with E-state index in [0.717, 1.165) is 41.1 Å². The van der Waals surface area contributed by atoms with Gasteiger partial charge in [0.2, 0.25) is 0 Å². The van der Waals surface area contributed by atoms with Gasteiger partial charge in [-0.3, -0.25) is 9.98 Å². The van der Waals surface area contributed by atoms with Crippen molar-refractivity contribution in [2.75, 3.05) is 0 Å². The summed E-state index contributed by atoms with van der Waals surface area (Å²) in [4.78, 5) is 11.4. The normalized spacial score (nSPS) is 27.9. The Morgan fingerprint density at radius 1 is 1.19 bits per heavy atom. The van der Waals surface area contributed by atoms with Gasteiger partial charge >= 0.3 is 0 Å². The Kier molecular flexibility index (Phi) is 3.30. The van der Waals surface area contributed by atoms with Crippen LogP contribution >= 0.6 is 0 Å². The summed E-state index contributed by atoms with van der Waals surface area (Å²) in [5.41, 5.74) is -0.149. The molecule has 5 rings (SSSR count). The highest BCUT2D eigenvalue weighted by Gasteiger charge is 2.55. The lowest BCUT2D eigenvalue weighted by atomic mass is 9.83. The molecule has 1 aromatic carbocycles. The van der Waals surface area contributed by atoms with Gasteiger partial charge in [-0.1, -0.05) is 31.2 Å². The number of nitrogens with zero attached hydrogens (tertiary/aromatic N) is 3. The number of benzene rings is 1. The summed E-state index contributed by atoms with van der Waals surface area (Å²) >= 11 is 0. The smallest absolute Gasteiger partial charge is 0.138 e. The summed E-state index contributed by atoms with van der Waals surface area (Å²) in [7, 11) is 0. The second-order valence-corrected chi connectivity index (χ2v) is 7.25. The van der Waals surface area contributed by atoms with Gasteiger partial charge < -0.3 is 4.90 Å². The summed E-state index contributed by atoms with van der Waals surface area (Å²) in [6.45, 7) is 1.91. The number of pyridine rings is 1. The summed E-state index contributed by atoms with van der Waals surface area (Å²) < 4.78 is 29.0. The predicted octanol–water partition coefficient (Wildman–Crippen LogP) is 4.70. The van der Waals surface area contributed by atoms with Crippen LogP contribution in [-0.4, -0.2) is 33.3 Å². The molecular formula is C21H19F2N3.